The van der Waals surface area contributed by atoms with Gasteiger partial charge in [-0.15, -0.1) is 6.58 Å². The second kappa shape index (κ2) is 7.45. The van der Waals surface area contributed by atoms with Gasteiger partial charge < -0.3 is 10.1 Å². The molecule has 2 amide bonds. The molecule has 132 valence electrons. The molecule has 0 saturated carbocycles. The van der Waals surface area contributed by atoms with E-state index < -0.39 is 5.91 Å². The number of halogens is 1. The van der Waals surface area contributed by atoms with Crippen LogP contribution >= 0.6 is 11.6 Å². The molecule has 1 aliphatic rings. The summed E-state index contributed by atoms with van der Waals surface area (Å²) in [7, 11) is 1.56. The Morgan fingerprint density at radius 1 is 1.15 bits per heavy atom. The molecule has 1 N–H and O–H groups in total. The van der Waals surface area contributed by atoms with Gasteiger partial charge in [0.1, 0.15) is 11.4 Å². The highest BCUT2D eigenvalue weighted by atomic mass is 35.5. The predicted octanol–water partition coefficient (Wildman–Crippen LogP) is 3.73. The Hall–Kier alpha value is -3.05. The smallest absolute Gasteiger partial charge is 0.278 e. The Kier molecular flexibility index (Phi) is 5.09. The zero-order valence-electron chi connectivity index (χ0n) is 14.2. The van der Waals surface area contributed by atoms with Gasteiger partial charge in [0, 0.05) is 23.3 Å². The van der Waals surface area contributed by atoms with Crippen molar-refractivity contribution < 1.29 is 14.3 Å². The molecule has 5 nitrogen and oxygen atoms in total. The number of nitrogens with zero attached hydrogens (tertiary/aromatic N) is 1. The Labute approximate surface area is 156 Å². The molecule has 0 bridgehead atoms. The van der Waals surface area contributed by atoms with Crippen molar-refractivity contribution in [2.45, 2.75) is 0 Å². The van der Waals surface area contributed by atoms with Crippen LogP contribution in [0.15, 0.2) is 66.9 Å². The van der Waals surface area contributed by atoms with Crippen molar-refractivity contribution >= 4 is 34.7 Å². The van der Waals surface area contributed by atoms with Crippen LogP contribution in [0, 0.1) is 0 Å². The van der Waals surface area contributed by atoms with Crippen LogP contribution in [0.5, 0.6) is 5.75 Å². The quantitative estimate of drug-likeness (QED) is 0.623. The van der Waals surface area contributed by atoms with Gasteiger partial charge in [-0.05, 0) is 29.8 Å². The molecular weight excluding hydrogens is 352 g/mol. The zero-order chi connectivity index (χ0) is 18.7. The number of hydrogen-bond donors (Lipinski definition) is 1. The van der Waals surface area contributed by atoms with Crippen molar-refractivity contribution in [2.75, 3.05) is 19.0 Å². The lowest BCUT2D eigenvalue weighted by Gasteiger charge is -2.12. The molecule has 0 radical (unpaired) electrons. The monoisotopic (exact) mass is 368 g/mol. The summed E-state index contributed by atoms with van der Waals surface area (Å²) in [6.07, 6.45) is 1.52. The third-order valence-electron chi connectivity index (χ3n) is 3.95. The summed E-state index contributed by atoms with van der Waals surface area (Å²) >= 11 is 5.94. The van der Waals surface area contributed by atoms with Crippen LogP contribution < -0.4 is 10.1 Å². The minimum atomic E-state index is -0.400. The molecule has 6 heteroatoms. The second-order valence-corrected chi connectivity index (χ2v) is 6.06. The lowest BCUT2D eigenvalue weighted by atomic mass is 10.0. The van der Waals surface area contributed by atoms with Gasteiger partial charge in [0.15, 0.2) is 0 Å². The first-order valence-electron chi connectivity index (χ1n) is 7.93. The van der Waals surface area contributed by atoms with Gasteiger partial charge in [-0.2, -0.15) is 0 Å². The Morgan fingerprint density at radius 3 is 2.54 bits per heavy atom. The number of nitrogens with one attached hydrogen (secondary N) is 1. The maximum absolute atomic E-state index is 12.8. The number of rotatable bonds is 6. The average molecular weight is 369 g/mol. The van der Waals surface area contributed by atoms with Crippen LogP contribution in [0.3, 0.4) is 0 Å². The molecule has 0 aliphatic carbocycles. The molecule has 0 fully saturated rings. The van der Waals surface area contributed by atoms with E-state index in [9.17, 15) is 9.59 Å². The van der Waals surface area contributed by atoms with Crippen LogP contribution in [0.4, 0.5) is 5.69 Å². The Morgan fingerprint density at radius 2 is 1.88 bits per heavy atom. The maximum atomic E-state index is 12.8. The van der Waals surface area contributed by atoms with Crippen LogP contribution in [-0.4, -0.2) is 30.4 Å². The minimum Gasteiger partial charge on any atom is -0.497 e. The van der Waals surface area contributed by atoms with E-state index in [2.05, 4.69) is 11.9 Å². The second-order valence-electron chi connectivity index (χ2n) is 5.62. The molecule has 0 unspecified atom stereocenters. The summed E-state index contributed by atoms with van der Waals surface area (Å²) < 4.78 is 5.21. The number of benzene rings is 2. The highest BCUT2D eigenvalue weighted by Crippen LogP contribution is 2.31. The maximum Gasteiger partial charge on any atom is 0.278 e. The molecule has 2 aromatic rings. The first kappa shape index (κ1) is 17.8. The van der Waals surface area contributed by atoms with Gasteiger partial charge >= 0.3 is 0 Å². The molecule has 0 spiro atoms. The number of imide groups is 1. The number of methoxy groups -OCH3 is 1. The summed E-state index contributed by atoms with van der Waals surface area (Å²) in [6.45, 7) is 3.75. The number of carbonyl (C=O) groups is 2. The van der Waals surface area contributed by atoms with Crippen molar-refractivity contribution in [3.63, 3.8) is 0 Å². The number of hydrogen-bond acceptors (Lipinski definition) is 4. The van der Waals surface area contributed by atoms with Gasteiger partial charge in [0.2, 0.25) is 0 Å². The van der Waals surface area contributed by atoms with Crippen LogP contribution in [0.1, 0.15) is 5.56 Å². The van der Waals surface area contributed by atoms with E-state index in [0.717, 1.165) is 4.90 Å². The van der Waals surface area contributed by atoms with E-state index in [-0.39, 0.29) is 18.1 Å². The van der Waals surface area contributed by atoms with Crippen molar-refractivity contribution in [1.29, 1.82) is 0 Å². The normalized spacial score (nSPS) is 14.0. The molecule has 0 atom stereocenters. The predicted molar refractivity (Wildman–Crippen MR) is 102 cm³/mol. The van der Waals surface area contributed by atoms with Crippen LogP contribution in [0.25, 0.3) is 5.57 Å². The zero-order valence-corrected chi connectivity index (χ0v) is 14.9. The molecule has 3 rings (SSSR count). The lowest BCUT2D eigenvalue weighted by molar-refractivity contribution is -0.136. The molecule has 2 aromatic carbocycles. The molecule has 0 saturated heterocycles. The Balaban J connectivity index is 2.07. The van der Waals surface area contributed by atoms with Gasteiger partial charge in [-0.1, -0.05) is 35.9 Å². The Bertz CT molecular complexity index is 904. The minimum absolute atomic E-state index is 0.137. The molecule has 0 aromatic heterocycles. The number of carbonyl (C=O) groups excluding carboxylic acids is 2. The molecular formula is C20H17ClN2O3. The number of amides is 2. The summed E-state index contributed by atoms with van der Waals surface area (Å²) in [5.41, 5.74) is 1.78. The van der Waals surface area contributed by atoms with Crippen molar-refractivity contribution in [1.82, 2.24) is 4.90 Å². The fraction of sp³-hybridized carbons (Fsp3) is 0.100. The van der Waals surface area contributed by atoms with Gasteiger partial charge in [0.25, 0.3) is 11.8 Å². The van der Waals surface area contributed by atoms with Gasteiger partial charge in [0.05, 0.1) is 12.7 Å². The largest absolute Gasteiger partial charge is 0.497 e. The van der Waals surface area contributed by atoms with Crippen LogP contribution in [-0.2, 0) is 9.59 Å². The van der Waals surface area contributed by atoms with E-state index in [1.807, 2.05) is 0 Å². The van der Waals surface area contributed by atoms with Crippen molar-refractivity contribution in [3.05, 3.63) is 77.5 Å². The fourth-order valence-corrected chi connectivity index (χ4v) is 2.84. The highest BCUT2D eigenvalue weighted by molar-refractivity contribution is 6.37. The summed E-state index contributed by atoms with van der Waals surface area (Å²) in [6, 6.07) is 13.9. The van der Waals surface area contributed by atoms with Crippen molar-refractivity contribution in [2.24, 2.45) is 0 Å². The van der Waals surface area contributed by atoms with Crippen molar-refractivity contribution in [3.8, 4) is 5.75 Å². The van der Waals surface area contributed by atoms with Gasteiger partial charge in [-0.25, -0.2) is 0 Å². The summed E-state index contributed by atoms with van der Waals surface area (Å²) in [5.74, 6) is -0.131. The first-order chi connectivity index (χ1) is 12.5. The van der Waals surface area contributed by atoms with E-state index in [1.54, 1.807) is 55.6 Å². The van der Waals surface area contributed by atoms with Crippen LogP contribution in [0.2, 0.25) is 5.02 Å². The molecule has 1 heterocycles. The van der Waals surface area contributed by atoms with Gasteiger partial charge in [-0.3, -0.25) is 14.5 Å². The standard InChI is InChI=1S/C20H17ClN2O3/c1-3-11-23-19(24)17(13-7-9-14(21)10-8-13)18(20(23)25)22-15-5-4-6-16(12-15)26-2/h3-10,12,22H,1,11H2,2H3. The SMILES string of the molecule is C=CCN1C(=O)C(Nc2cccc(OC)c2)=C(c2ccc(Cl)cc2)C1=O. The van der Waals surface area contributed by atoms with E-state index in [0.29, 0.717) is 27.6 Å². The molecule has 26 heavy (non-hydrogen) atoms. The first-order valence-corrected chi connectivity index (χ1v) is 8.31. The van der Waals surface area contributed by atoms with E-state index in [1.165, 1.54) is 6.08 Å². The topological polar surface area (TPSA) is 58.6 Å². The summed E-state index contributed by atoms with van der Waals surface area (Å²) in [4.78, 5) is 26.8. The average Bonchev–Trinajstić information content (AvgIpc) is 2.87. The third kappa shape index (κ3) is 3.34. The highest BCUT2D eigenvalue weighted by Gasteiger charge is 2.38. The third-order valence-corrected chi connectivity index (χ3v) is 4.20. The van der Waals surface area contributed by atoms with E-state index >= 15 is 0 Å². The summed E-state index contributed by atoms with van der Waals surface area (Å²) in [5, 5.41) is 3.62. The fourth-order valence-electron chi connectivity index (χ4n) is 2.72. The number of anilines is 1. The lowest BCUT2D eigenvalue weighted by Crippen LogP contribution is -2.32. The molecule has 1 aliphatic heterocycles. The van der Waals surface area contributed by atoms with E-state index in [4.69, 9.17) is 16.3 Å². The number of ether oxygens (including phenoxy) is 1.